The molecule has 0 aliphatic rings. The number of nitrogens with zero attached hydrogens (tertiary/aromatic N) is 3. The second kappa shape index (κ2) is 4.49. The molecule has 5 heteroatoms. The van der Waals surface area contributed by atoms with Crippen LogP contribution in [0.1, 0.15) is 16.1 Å². The Kier molecular flexibility index (Phi) is 3.05. The summed E-state index contributed by atoms with van der Waals surface area (Å²) >= 11 is 1.47. The normalized spacial score (nSPS) is 10.4. The van der Waals surface area contributed by atoms with Crippen molar-refractivity contribution in [1.29, 1.82) is 0 Å². The fourth-order valence-electron chi connectivity index (χ4n) is 1.45. The number of benzene rings is 1. The Bertz CT molecular complexity index is 507. The van der Waals surface area contributed by atoms with Crippen molar-refractivity contribution >= 4 is 17.5 Å². The van der Waals surface area contributed by atoms with Crippen LogP contribution < -0.4 is 0 Å². The van der Waals surface area contributed by atoms with Crippen LogP contribution in [0.15, 0.2) is 35.4 Å². The van der Waals surface area contributed by atoms with Crippen molar-refractivity contribution in [2.75, 3.05) is 6.26 Å². The molecule has 16 heavy (non-hydrogen) atoms. The quantitative estimate of drug-likeness (QED) is 0.599. The van der Waals surface area contributed by atoms with Gasteiger partial charge in [-0.25, -0.2) is 4.68 Å². The molecule has 1 heterocycles. The van der Waals surface area contributed by atoms with Gasteiger partial charge in [-0.15, -0.1) is 16.9 Å². The zero-order valence-corrected chi connectivity index (χ0v) is 9.86. The van der Waals surface area contributed by atoms with Gasteiger partial charge >= 0.3 is 0 Å². The highest BCUT2D eigenvalue weighted by molar-refractivity contribution is 7.98. The summed E-state index contributed by atoms with van der Waals surface area (Å²) in [7, 11) is 1.78. The summed E-state index contributed by atoms with van der Waals surface area (Å²) in [5.41, 5.74) is 1.06. The molecule has 0 bridgehead atoms. The lowest BCUT2D eigenvalue weighted by atomic mass is 10.1. The van der Waals surface area contributed by atoms with E-state index < -0.39 is 0 Å². The topological polar surface area (TPSA) is 47.8 Å². The summed E-state index contributed by atoms with van der Waals surface area (Å²) in [6.07, 6.45) is 1.90. The Morgan fingerprint density at radius 2 is 2.00 bits per heavy atom. The van der Waals surface area contributed by atoms with Gasteiger partial charge < -0.3 is 0 Å². The molecule has 0 saturated heterocycles. The minimum atomic E-state index is -0.0851. The van der Waals surface area contributed by atoms with Gasteiger partial charge in [0.15, 0.2) is 5.69 Å². The molecule has 1 aromatic carbocycles. The van der Waals surface area contributed by atoms with Gasteiger partial charge in [0, 0.05) is 12.6 Å². The van der Waals surface area contributed by atoms with Crippen LogP contribution in [0.5, 0.6) is 0 Å². The van der Waals surface area contributed by atoms with Crippen molar-refractivity contribution in [3.63, 3.8) is 0 Å². The molecule has 0 aliphatic carbocycles. The zero-order valence-electron chi connectivity index (χ0n) is 9.04. The highest BCUT2D eigenvalue weighted by Gasteiger charge is 2.18. The fourth-order valence-corrected chi connectivity index (χ4v) is 2.07. The van der Waals surface area contributed by atoms with E-state index in [1.165, 1.54) is 11.8 Å². The van der Waals surface area contributed by atoms with Crippen LogP contribution in [-0.4, -0.2) is 27.0 Å². The van der Waals surface area contributed by atoms with Gasteiger partial charge in [-0.2, -0.15) is 0 Å². The third-order valence-corrected chi connectivity index (χ3v) is 3.06. The first kappa shape index (κ1) is 10.9. The number of aromatic nitrogens is 3. The lowest BCUT2D eigenvalue weighted by Crippen LogP contribution is -2.03. The van der Waals surface area contributed by atoms with Gasteiger partial charge in [0.25, 0.3) is 0 Å². The fraction of sp³-hybridized carbons (Fsp3) is 0.182. The molecule has 0 N–H and O–H groups in total. The third-order valence-electron chi connectivity index (χ3n) is 2.22. The highest BCUT2D eigenvalue weighted by atomic mass is 32.2. The number of carbonyl (C=O) groups excluding carboxylic acids is 1. The molecule has 0 unspecified atom stereocenters. The van der Waals surface area contributed by atoms with Crippen LogP contribution in [0.4, 0.5) is 0 Å². The van der Waals surface area contributed by atoms with Gasteiger partial charge in [-0.1, -0.05) is 35.5 Å². The van der Waals surface area contributed by atoms with Gasteiger partial charge in [0.1, 0.15) is 5.03 Å². The number of rotatable bonds is 3. The smallest absolute Gasteiger partial charge is 0.216 e. The van der Waals surface area contributed by atoms with Crippen LogP contribution in [0.25, 0.3) is 0 Å². The Balaban J connectivity index is 2.42. The molecular weight excluding hydrogens is 222 g/mol. The monoisotopic (exact) mass is 233 g/mol. The van der Waals surface area contributed by atoms with Gasteiger partial charge in [0.05, 0.1) is 0 Å². The van der Waals surface area contributed by atoms with Gasteiger partial charge in [-0.05, 0) is 6.26 Å². The maximum atomic E-state index is 12.1. The molecule has 0 atom stereocenters. The van der Waals surface area contributed by atoms with E-state index in [4.69, 9.17) is 0 Å². The second-order valence-corrected chi connectivity index (χ2v) is 4.06. The second-order valence-electron chi connectivity index (χ2n) is 3.27. The summed E-state index contributed by atoms with van der Waals surface area (Å²) in [4.78, 5) is 12.1. The molecule has 4 nitrogen and oxygen atoms in total. The molecule has 82 valence electrons. The molecule has 1 aromatic heterocycles. The number of thioether (sulfide) groups is 1. The van der Waals surface area contributed by atoms with E-state index in [1.54, 1.807) is 23.9 Å². The minimum Gasteiger partial charge on any atom is -0.287 e. The molecule has 2 aromatic rings. The number of hydrogen-bond acceptors (Lipinski definition) is 4. The number of carbonyl (C=O) groups is 1. The first-order valence-electron chi connectivity index (χ1n) is 4.77. The zero-order chi connectivity index (χ0) is 11.5. The molecule has 0 radical (unpaired) electrons. The van der Waals surface area contributed by atoms with E-state index in [1.807, 2.05) is 24.5 Å². The lowest BCUT2D eigenvalue weighted by molar-refractivity contribution is 0.103. The van der Waals surface area contributed by atoms with E-state index in [-0.39, 0.29) is 5.78 Å². The Morgan fingerprint density at radius 3 is 2.62 bits per heavy atom. The molecule has 0 aliphatic heterocycles. The molecular formula is C11H11N3OS. The van der Waals surface area contributed by atoms with Gasteiger partial charge in [0.2, 0.25) is 5.78 Å². The molecule has 2 rings (SSSR count). The van der Waals surface area contributed by atoms with Crippen LogP contribution in [0.3, 0.4) is 0 Å². The molecule has 0 saturated carbocycles. The largest absolute Gasteiger partial charge is 0.287 e. The minimum absolute atomic E-state index is 0.0851. The van der Waals surface area contributed by atoms with Crippen molar-refractivity contribution in [3.05, 3.63) is 41.6 Å². The van der Waals surface area contributed by atoms with Crippen LogP contribution in [-0.2, 0) is 7.05 Å². The summed E-state index contributed by atoms with van der Waals surface area (Å²) in [6.45, 7) is 0. The molecule has 0 spiro atoms. The van der Waals surface area contributed by atoms with Crippen molar-refractivity contribution in [1.82, 2.24) is 15.0 Å². The summed E-state index contributed by atoms with van der Waals surface area (Å²) in [6, 6.07) is 9.11. The van der Waals surface area contributed by atoms with Crippen LogP contribution in [0.2, 0.25) is 0 Å². The van der Waals surface area contributed by atoms with E-state index in [2.05, 4.69) is 10.3 Å². The van der Waals surface area contributed by atoms with Gasteiger partial charge in [-0.3, -0.25) is 4.79 Å². The standard InChI is InChI=1S/C11H11N3OS/c1-14-11(16-2)9(12-13-14)10(15)8-6-4-3-5-7-8/h3-7H,1-2H3. The molecule has 0 fully saturated rings. The number of ketones is 1. The SMILES string of the molecule is CSc1c(C(=O)c2ccccc2)nnn1C. The maximum Gasteiger partial charge on any atom is 0.216 e. The van der Waals surface area contributed by atoms with E-state index in [9.17, 15) is 4.79 Å². The Labute approximate surface area is 97.7 Å². The summed E-state index contributed by atoms with van der Waals surface area (Å²) < 4.78 is 1.61. The Hall–Kier alpha value is -1.62. The van der Waals surface area contributed by atoms with Crippen molar-refractivity contribution in [2.45, 2.75) is 5.03 Å². The summed E-state index contributed by atoms with van der Waals surface area (Å²) in [5, 5.41) is 8.55. The first-order chi connectivity index (χ1) is 7.74. The predicted octanol–water partition coefficient (Wildman–Crippen LogP) is 1.77. The first-order valence-corrected chi connectivity index (χ1v) is 6.00. The van der Waals surface area contributed by atoms with E-state index in [0.29, 0.717) is 11.3 Å². The predicted molar refractivity (Wildman–Crippen MR) is 62.7 cm³/mol. The lowest BCUT2D eigenvalue weighted by Gasteiger charge is -1.99. The van der Waals surface area contributed by atoms with Crippen molar-refractivity contribution in [3.8, 4) is 0 Å². The maximum absolute atomic E-state index is 12.1. The average molecular weight is 233 g/mol. The van der Waals surface area contributed by atoms with Crippen molar-refractivity contribution in [2.24, 2.45) is 7.05 Å². The van der Waals surface area contributed by atoms with Crippen LogP contribution >= 0.6 is 11.8 Å². The van der Waals surface area contributed by atoms with Crippen LogP contribution in [0, 0.1) is 0 Å². The summed E-state index contributed by atoms with van der Waals surface area (Å²) in [5.74, 6) is -0.0851. The van der Waals surface area contributed by atoms with E-state index in [0.717, 1.165) is 5.03 Å². The number of hydrogen-bond donors (Lipinski definition) is 0. The van der Waals surface area contributed by atoms with E-state index >= 15 is 0 Å². The average Bonchev–Trinajstić information content (AvgIpc) is 2.70. The third kappa shape index (κ3) is 1.86. The molecule has 0 amide bonds. The Morgan fingerprint density at radius 1 is 1.31 bits per heavy atom. The highest BCUT2D eigenvalue weighted by Crippen LogP contribution is 2.19. The van der Waals surface area contributed by atoms with Crippen molar-refractivity contribution < 1.29 is 4.79 Å². The number of aryl methyl sites for hydroxylation is 1.